The fourth-order valence-corrected chi connectivity index (χ4v) is 3.37. The van der Waals surface area contributed by atoms with Gasteiger partial charge in [0.15, 0.2) is 4.34 Å². The molecular weight excluding hydrogens is 323 g/mol. The monoisotopic (exact) mass is 338 g/mol. The Kier molecular flexibility index (Phi) is 5.91. The predicted molar refractivity (Wildman–Crippen MR) is 88.9 cm³/mol. The van der Waals surface area contributed by atoms with Gasteiger partial charge in [-0.05, 0) is 31.2 Å². The number of amides is 1. The van der Waals surface area contributed by atoms with Crippen LogP contribution in [0.3, 0.4) is 0 Å². The molecule has 1 aromatic carbocycles. The second-order valence-electron chi connectivity index (χ2n) is 4.30. The van der Waals surface area contributed by atoms with Crippen LogP contribution in [0.5, 0.6) is 0 Å². The van der Waals surface area contributed by atoms with E-state index in [0.29, 0.717) is 21.7 Å². The molecule has 0 aliphatic carbocycles. The zero-order valence-electron chi connectivity index (χ0n) is 11.9. The topological polar surface area (TPSA) is 66.9 Å². The van der Waals surface area contributed by atoms with Crippen molar-refractivity contribution in [1.29, 1.82) is 0 Å². The molecule has 0 saturated heterocycles. The third kappa shape index (κ3) is 4.81. The van der Waals surface area contributed by atoms with Gasteiger partial charge < -0.3 is 10.6 Å². The molecule has 1 atom stereocenters. The summed E-state index contributed by atoms with van der Waals surface area (Å²) in [6.07, 6.45) is 1.73. The molecule has 0 radical (unpaired) electrons. The van der Waals surface area contributed by atoms with Gasteiger partial charge in [0, 0.05) is 12.2 Å². The van der Waals surface area contributed by atoms with Crippen LogP contribution in [0, 0.1) is 5.82 Å². The van der Waals surface area contributed by atoms with Crippen LogP contribution >= 0.6 is 23.1 Å². The Morgan fingerprint density at radius 2 is 2.18 bits per heavy atom. The summed E-state index contributed by atoms with van der Waals surface area (Å²) in [5.41, 5.74) is 0.560. The summed E-state index contributed by atoms with van der Waals surface area (Å²) in [6.45, 7) is 6.00. The number of thioether (sulfide) groups is 1. The predicted octanol–water partition coefficient (Wildman–Crippen LogP) is 3.39. The van der Waals surface area contributed by atoms with Crippen molar-refractivity contribution in [2.75, 3.05) is 17.2 Å². The summed E-state index contributed by atoms with van der Waals surface area (Å²) in [6, 6.07) is 5.64. The van der Waals surface area contributed by atoms with Gasteiger partial charge in [0.25, 0.3) is 0 Å². The summed E-state index contributed by atoms with van der Waals surface area (Å²) < 4.78 is 13.5. The van der Waals surface area contributed by atoms with Crippen molar-refractivity contribution in [3.8, 4) is 0 Å². The van der Waals surface area contributed by atoms with E-state index in [4.69, 9.17) is 0 Å². The van der Waals surface area contributed by atoms with Gasteiger partial charge in [0.1, 0.15) is 5.82 Å². The highest BCUT2D eigenvalue weighted by Crippen LogP contribution is 2.29. The van der Waals surface area contributed by atoms with E-state index in [1.54, 1.807) is 13.0 Å². The number of nitrogens with zero attached hydrogens (tertiary/aromatic N) is 2. The third-order valence-electron chi connectivity index (χ3n) is 2.56. The van der Waals surface area contributed by atoms with E-state index in [9.17, 15) is 9.18 Å². The minimum absolute atomic E-state index is 0.174. The maximum absolute atomic E-state index is 12.8. The number of halogens is 1. The van der Waals surface area contributed by atoms with Crippen molar-refractivity contribution in [3.63, 3.8) is 0 Å². The van der Waals surface area contributed by atoms with Gasteiger partial charge in [-0.2, -0.15) is 0 Å². The number of nitrogens with one attached hydrogen (secondary N) is 2. The minimum Gasteiger partial charge on any atom is -0.357 e. The van der Waals surface area contributed by atoms with Gasteiger partial charge in [0.2, 0.25) is 11.0 Å². The second kappa shape index (κ2) is 7.90. The molecule has 0 saturated carbocycles. The van der Waals surface area contributed by atoms with Gasteiger partial charge in [-0.1, -0.05) is 29.2 Å². The number of anilines is 2. The van der Waals surface area contributed by atoms with E-state index in [-0.39, 0.29) is 17.0 Å². The lowest BCUT2D eigenvalue weighted by Crippen LogP contribution is -2.22. The van der Waals surface area contributed by atoms with E-state index in [0.717, 1.165) is 0 Å². The fourth-order valence-electron chi connectivity index (χ4n) is 1.47. The smallest absolute Gasteiger partial charge is 0.237 e. The molecule has 2 N–H and O–H groups in total. The summed E-state index contributed by atoms with van der Waals surface area (Å²) >= 11 is 2.70. The lowest BCUT2D eigenvalue weighted by Gasteiger charge is -2.10. The van der Waals surface area contributed by atoms with Crippen LogP contribution in [0.1, 0.15) is 6.92 Å². The van der Waals surface area contributed by atoms with Gasteiger partial charge in [0.05, 0.1) is 5.25 Å². The highest BCUT2D eigenvalue weighted by Gasteiger charge is 2.17. The fraction of sp³-hybridized carbons (Fsp3) is 0.214. The molecule has 1 heterocycles. The minimum atomic E-state index is -0.342. The quantitative estimate of drug-likeness (QED) is 0.598. The van der Waals surface area contributed by atoms with Crippen LogP contribution in [0.2, 0.25) is 0 Å². The molecule has 0 aliphatic rings. The Labute approximate surface area is 136 Å². The van der Waals surface area contributed by atoms with Crippen LogP contribution in [0.15, 0.2) is 41.3 Å². The molecule has 1 aromatic heterocycles. The SMILES string of the molecule is C=CCNc1nnc(S[C@@H](C)C(=O)Nc2ccc(F)cc2)s1. The number of benzene rings is 1. The number of hydrogen-bond acceptors (Lipinski definition) is 6. The van der Waals surface area contributed by atoms with Gasteiger partial charge in [-0.25, -0.2) is 4.39 Å². The van der Waals surface area contributed by atoms with Crippen molar-refractivity contribution in [2.45, 2.75) is 16.5 Å². The largest absolute Gasteiger partial charge is 0.357 e. The van der Waals surface area contributed by atoms with Crippen LogP contribution in [-0.2, 0) is 4.79 Å². The Bertz CT molecular complexity index is 645. The van der Waals surface area contributed by atoms with E-state index in [1.807, 2.05) is 0 Å². The number of carbonyl (C=O) groups excluding carboxylic acids is 1. The first-order chi connectivity index (χ1) is 10.6. The summed E-state index contributed by atoms with van der Waals surface area (Å²) in [5.74, 6) is -0.513. The first-order valence-electron chi connectivity index (χ1n) is 6.50. The van der Waals surface area contributed by atoms with E-state index in [1.165, 1.54) is 47.4 Å². The molecule has 0 aliphatic heterocycles. The maximum atomic E-state index is 12.8. The number of rotatable bonds is 7. The van der Waals surface area contributed by atoms with Crippen molar-refractivity contribution < 1.29 is 9.18 Å². The summed E-state index contributed by atoms with van der Waals surface area (Å²) in [4.78, 5) is 12.1. The lowest BCUT2D eigenvalue weighted by molar-refractivity contribution is -0.115. The number of aromatic nitrogens is 2. The van der Waals surface area contributed by atoms with Crippen molar-refractivity contribution in [1.82, 2.24) is 10.2 Å². The number of carbonyl (C=O) groups is 1. The number of hydrogen-bond donors (Lipinski definition) is 2. The van der Waals surface area contributed by atoms with Crippen molar-refractivity contribution in [3.05, 3.63) is 42.7 Å². The average molecular weight is 338 g/mol. The Morgan fingerprint density at radius 1 is 1.45 bits per heavy atom. The first-order valence-corrected chi connectivity index (χ1v) is 8.19. The molecule has 5 nitrogen and oxygen atoms in total. The van der Waals surface area contributed by atoms with Crippen LogP contribution < -0.4 is 10.6 Å². The Morgan fingerprint density at radius 3 is 2.86 bits per heavy atom. The molecule has 0 unspecified atom stereocenters. The standard InChI is InChI=1S/C14H15FN4OS2/c1-3-8-16-13-18-19-14(22-13)21-9(2)12(20)17-11-6-4-10(15)5-7-11/h3-7,9H,1,8H2,2H3,(H,16,18)(H,17,20)/t9-/m0/s1. The molecule has 8 heteroatoms. The Balaban J connectivity index is 1.89. The van der Waals surface area contributed by atoms with E-state index < -0.39 is 0 Å². The molecule has 22 heavy (non-hydrogen) atoms. The van der Waals surface area contributed by atoms with E-state index >= 15 is 0 Å². The maximum Gasteiger partial charge on any atom is 0.237 e. The van der Waals surface area contributed by atoms with Crippen molar-refractivity contribution in [2.24, 2.45) is 0 Å². The zero-order chi connectivity index (χ0) is 15.9. The van der Waals surface area contributed by atoms with Gasteiger partial charge in [-0.15, -0.1) is 16.8 Å². The van der Waals surface area contributed by atoms with Crippen LogP contribution in [-0.4, -0.2) is 27.9 Å². The lowest BCUT2D eigenvalue weighted by atomic mass is 10.3. The molecule has 0 fully saturated rings. The molecule has 2 rings (SSSR count). The highest BCUT2D eigenvalue weighted by molar-refractivity contribution is 8.02. The molecule has 1 amide bonds. The first kappa shape index (κ1) is 16.4. The summed E-state index contributed by atoms with van der Waals surface area (Å²) in [7, 11) is 0. The average Bonchev–Trinajstić information content (AvgIpc) is 2.95. The highest BCUT2D eigenvalue weighted by atomic mass is 32.2. The van der Waals surface area contributed by atoms with Gasteiger partial charge >= 0.3 is 0 Å². The molecule has 0 spiro atoms. The Hall–Kier alpha value is -1.93. The van der Waals surface area contributed by atoms with Gasteiger partial charge in [-0.3, -0.25) is 4.79 Å². The molecule has 2 aromatic rings. The molecule has 116 valence electrons. The summed E-state index contributed by atoms with van der Waals surface area (Å²) in [5, 5.41) is 14.1. The normalized spacial score (nSPS) is 11.7. The zero-order valence-corrected chi connectivity index (χ0v) is 13.5. The van der Waals surface area contributed by atoms with Crippen LogP contribution in [0.25, 0.3) is 0 Å². The second-order valence-corrected chi connectivity index (χ2v) is 6.86. The molecule has 0 bridgehead atoms. The van der Waals surface area contributed by atoms with Crippen LogP contribution in [0.4, 0.5) is 15.2 Å². The van der Waals surface area contributed by atoms with E-state index in [2.05, 4.69) is 27.4 Å². The molecular formula is C14H15FN4OS2. The van der Waals surface area contributed by atoms with Crippen molar-refractivity contribution >= 4 is 39.8 Å². The third-order valence-corrected chi connectivity index (χ3v) is 4.63.